The molecule has 5 nitrogen and oxygen atoms in total. The summed E-state index contributed by atoms with van der Waals surface area (Å²) in [7, 11) is 0. The second kappa shape index (κ2) is 6.76. The van der Waals surface area contributed by atoms with Crippen LogP contribution in [0.3, 0.4) is 0 Å². The number of nitrogens with one attached hydrogen (secondary N) is 2. The van der Waals surface area contributed by atoms with Crippen molar-refractivity contribution in [2.45, 2.75) is 38.1 Å². The van der Waals surface area contributed by atoms with Gasteiger partial charge in [0.05, 0.1) is 10.2 Å². The Morgan fingerprint density at radius 1 is 0.962 bits per heavy atom. The van der Waals surface area contributed by atoms with E-state index < -0.39 is 0 Å². The van der Waals surface area contributed by atoms with Gasteiger partial charge in [-0.15, -0.1) is 11.3 Å². The highest BCUT2D eigenvalue weighted by atomic mass is 32.1. The van der Waals surface area contributed by atoms with Gasteiger partial charge < -0.3 is 15.5 Å². The third-order valence-electron chi connectivity index (χ3n) is 5.07. The smallest absolute Gasteiger partial charge is 0.229 e. The number of anilines is 4. The summed E-state index contributed by atoms with van der Waals surface area (Å²) in [5, 5.41) is 8.99. The van der Waals surface area contributed by atoms with Gasteiger partial charge in [0.1, 0.15) is 5.82 Å². The molecule has 1 saturated heterocycles. The van der Waals surface area contributed by atoms with Crippen molar-refractivity contribution in [2.75, 3.05) is 28.6 Å². The Kier molecular flexibility index (Phi) is 4.13. The first-order valence-electron chi connectivity index (χ1n) is 9.49. The molecule has 3 aromatic rings. The number of piperidine rings is 1. The van der Waals surface area contributed by atoms with Gasteiger partial charge >= 0.3 is 0 Å². The van der Waals surface area contributed by atoms with Crippen LogP contribution in [0.4, 0.5) is 23.1 Å². The largest absolute Gasteiger partial charge is 0.372 e. The average molecular weight is 366 g/mol. The van der Waals surface area contributed by atoms with Gasteiger partial charge in [-0.2, -0.15) is 4.98 Å². The lowest BCUT2D eigenvalue weighted by Crippen LogP contribution is -2.29. The molecular weight excluding hydrogens is 342 g/mol. The molecule has 3 heterocycles. The number of fused-ring (bicyclic) bond motifs is 1. The Morgan fingerprint density at radius 3 is 2.54 bits per heavy atom. The molecule has 0 radical (unpaired) electrons. The first kappa shape index (κ1) is 15.9. The molecule has 2 N–H and O–H groups in total. The second-order valence-corrected chi connectivity index (χ2v) is 8.09. The van der Waals surface area contributed by atoms with Crippen molar-refractivity contribution in [2.24, 2.45) is 0 Å². The van der Waals surface area contributed by atoms with Crippen LogP contribution < -0.4 is 15.5 Å². The highest BCUT2D eigenvalue weighted by Gasteiger charge is 2.23. The van der Waals surface area contributed by atoms with Crippen molar-refractivity contribution in [1.82, 2.24) is 9.97 Å². The molecule has 1 saturated carbocycles. The van der Waals surface area contributed by atoms with Crippen molar-refractivity contribution >= 4 is 44.7 Å². The van der Waals surface area contributed by atoms with E-state index in [0.717, 1.165) is 21.7 Å². The molecule has 0 atom stereocenters. The number of aromatic nitrogens is 2. The fourth-order valence-corrected chi connectivity index (χ4v) is 4.26. The standard InChI is InChI=1S/C20H23N5S/c1-2-11-25(12-3-1)16-8-6-15(7-9-16)22-20-23-17-10-13-26-18(17)19(24-20)21-14-4-5-14/h6-10,13-14H,1-5,11-12H2,(H2,21,22,23,24). The van der Waals surface area contributed by atoms with E-state index in [2.05, 4.69) is 56.2 Å². The topological polar surface area (TPSA) is 53.1 Å². The van der Waals surface area contributed by atoms with Crippen LogP contribution in [0.25, 0.3) is 10.2 Å². The predicted molar refractivity (Wildman–Crippen MR) is 110 cm³/mol. The molecule has 134 valence electrons. The highest BCUT2D eigenvalue weighted by Crippen LogP contribution is 2.32. The van der Waals surface area contributed by atoms with Crippen molar-refractivity contribution in [3.8, 4) is 0 Å². The number of thiophene rings is 1. The summed E-state index contributed by atoms with van der Waals surface area (Å²) in [6.45, 7) is 2.34. The number of benzene rings is 1. The van der Waals surface area contributed by atoms with Crippen molar-refractivity contribution < 1.29 is 0 Å². The Bertz CT molecular complexity index is 894. The van der Waals surface area contributed by atoms with Gasteiger partial charge in [0.15, 0.2) is 0 Å². The number of hydrogen-bond donors (Lipinski definition) is 2. The van der Waals surface area contributed by atoms with Gasteiger partial charge in [0, 0.05) is 30.5 Å². The molecule has 6 heteroatoms. The number of hydrogen-bond acceptors (Lipinski definition) is 6. The minimum atomic E-state index is 0.576. The first-order valence-corrected chi connectivity index (χ1v) is 10.4. The summed E-state index contributed by atoms with van der Waals surface area (Å²) in [5.74, 6) is 1.62. The third-order valence-corrected chi connectivity index (χ3v) is 5.98. The van der Waals surface area contributed by atoms with E-state index in [4.69, 9.17) is 4.98 Å². The average Bonchev–Trinajstić information content (AvgIpc) is 3.37. The molecule has 26 heavy (non-hydrogen) atoms. The summed E-state index contributed by atoms with van der Waals surface area (Å²) in [4.78, 5) is 11.9. The summed E-state index contributed by atoms with van der Waals surface area (Å²) < 4.78 is 1.14. The Labute approximate surface area is 157 Å². The Hall–Kier alpha value is -2.34. The van der Waals surface area contributed by atoms with Crippen LogP contribution >= 0.6 is 11.3 Å². The summed E-state index contributed by atoms with van der Waals surface area (Å²) in [5.41, 5.74) is 3.33. The number of rotatable bonds is 5. The first-order chi connectivity index (χ1) is 12.8. The minimum absolute atomic E-state index is 0.576. The maximum Gasteiger partial charge on any atom is 0.229 e. The minimum Gasteiger partial charge on any atom is -0.372 e. The van der Waals surface area contributed by atoms with Crippen molar-refractivity contribution in [3.05, 3.63) is 35.7 Å². The Morgan fingerprint density at radius 2 is 1.77 bits per heavy atom. The zero-order valence-corrected chi connectivity index (χ0v) is 15.6. The molecule has 0 spiro atoms. The van der Waals surface area contributed by atoms with Gasteiger partial charge in [-0.3, -0.25) is 0 Å². The predicted octanol–water partition coefficient (Wildman–Crippen LogP) is 5.00. The van der Waals surface area contributed by atoms with E-state index in [1.54, 1.807) is 11.3 Å². The van der Waals surface area contributed by atoms with Gasteiger partial charge in [-0.05, 0) is 67.8 Å². The Balaban J connectivity index is 1.36. The highest BCUT2D eigenvalue weighted by molar-refractivity contribution is 7.17. The quantitative estimate of drug-likeness (QED) is 0.666. The molecule has 0 bridgehead atoms. The van der Waals surface area contributed by atoms with Gasteiger partial charge in [-0.25, -0.2) is 4.98 Å². The fourth-order valence-electron chi connectivity index (χ4n) is 3.48. The van der Waals surface area contributed by atoms with Gasteiger partial charge in [0.2, 0.25) is 5.95 Å². The molecule has 5 rings (SSSR count). The van der Waals surface area contributed by atoms with Crippen LogP contribution in [0.5, 0.6) is 0 Å². The van der Waals surface area contributed by atoms with E-state index >= 15 is 0 Å². The molecular formula is C20H23N5S. The normalized spacial score (nSPS) is 17.5. The SMILES string of the molecule is c1cc2nc(Nc3ccc(N4CCCCC4)cc3)nc(NC3CC3)c2s1. The maximum atomic E-state index is 4.73. The van der Waals surface area contributed by atoms with E-state index in [0.29, 0.717) is 12.0 Å². The zero-order chi connectivity index (χ0) is 17.3. The van der Waals surface area contributed by atoms with Crippen LogP contribution in [-0.4, -0.2) is 29.1 Å². The van der Waals surface area contributed by atoms with E-state index in [1.165, 1.54) is 50.9 Å². The van der Waals surface area contributed by atoms with Crippen LogP contribution in [0, 0.1) is 0 Å². The maximum absolute atomic E-state index is 4.73. The fraction of sp³-hybridized carbons (Fsp3) is 0.400. The third kappa shape index (κ3) is 3.33. The zero-order valence-electron chi connectivity index (χ0n) is 14.7. The summed E-state index contributed by atoms with van der Waals surface area (Å²) in [6.07, 6.45) is 6.42. The van der Waals surface area contributed by atoms with Gasteiger partial charge in [0.25, 0.3) is 0 Å². The van der Waals surface area contributed by atoms with Crippen LogP contribution in [0.2, 0.25) is 0 Å². The van der Waals surface area contributed by atoms with E-state index in [9.17, 15) is 0 Å². The molecule has 1 aliphatic heterocycles. The summed E-state index contributed by atoms with van der Waals surface area (Å²) >= 11 is 1.70. The van der Waals surface area contributed by atoms with Crippen LogP contribution in [0.15, 0.2) is 35.7 Å². The summed E-state index contributed by atoms with van der Waals surface area (Å²) in [6, 6.07) is 11.3. The van der Waals surface area contributed by atoms with E-state index in [-0.39, 0.29) is 0 Å². The number of nitrogens with zero attached hydrogens (tertiary/aromatic N) is 3. The molecule has 0 amide bonds. The van der Waals surface area contributed by atoms with Gasteiger partial charge in [-0.1, -0.05) is 0 Å². The molecule has 1 aromatic carbocycles. The molecule has 2 fully saturated rings. The molecule has 1 aliphatic carbocycles. The molecule has 2 aliphatic rings. The molecule has 0 unspecified atom stereocenters. The van der Waals surface area contributed by atoms with Crippen molar-refractivity contribution in [1.29, 1.82) is 0 Å². The second-order valence-electron chi connectivity index (χ2n) is 7.17. The monoisotopic (exact) mass is 365 g/mol. The molecule has 2 aromatic heterocycles. The lowest BCUT2D eigenvalue weighted by atomic mass is 10.1. The van der Waals surface area contributed by atoms with Crippen LogP contribution in [0.1, 0.15) is 32.1 Å². The van der Waals surface area contributed by atoms with Crippen LogP contribution in [-0.2, 0) is 0 Å². The van der Waals surface area contributed by atoms with Crippen molar-refractivity contribution in [3.63, 3.8) is 0 Å². The lowest BCUT2D eigenvalue weighted by Gasteiger charge is -2.28. The lowest BCUT2D eigenvalue weighted by molar-refractivity contribution is 0.578. The van der Waals surface area contributed by atoms with E-state index in [1.807, 2.05) is 0 Å².